The van der Waals surface area contributed by atoms with Gasteiger partial charge in [-0.3, -0.25) is 4.90 Å². The van der Waals surface area contributed by atoms with Gasteiger partial charge in [0.2, 0.25) is 5.89 Å². The Morgan fingerprint density at radius 2 is 1.95 bits per heavy atom. The number of aliphatic hydroxyl groups excluding tert-OH is 1. The summed E-state index contributed by atoms with van der Waals surface area (Å²) in [7, 11) is 0. The minimum absolute atomic E-state index is 0.160. The lowest BCUT2D eigenvalue weighted by Crippen LogP contribution is -2.36. The van der Waals surface area contributed by atoms with Crippen LogP contribution in [0.4, 0.5) is 0 Å². The lowest BCUT2D eigenvalue weighted by Gasteiger charge is -2.28. The third-order valence-corrected chi connectivity index (χ3v) is 3.28. The van der Waals surface area contributed by atoms with Crippen molar-refractivity contribution in [2.75, 3.05) is 13.2 Å². The summed E-state index contributed by atoms with van der Waals surface area (Å²) in [5.74, 6) is 1.94. The molecule has 1 heterocycles. The molecule has 0 fully saturated rings. The highest BCUT2D eigenvalue weighted by Crippen LogP contribution is 2.13. The van der Waals surface area contributed by atoms with Gasteiger partial charge >= 0.3 is 0 Å². The van der Waals surface area contributed by atoms with Crippen molar-refractivity contribution in [1.29, 1.82) is 0 Å². The molecule has 0 aliphatic carbocycles. The molecule has 1 aromatic rings. The Balaban J connectivity index is 2.65. The van der Waals surface area contributed by atoms with Crippen LogP contribution in [-0.2, 0) is 13.0 Å². The molecule has 0 saturated heterocycles. The molecule has 1 aromatic heterocycles. The lowest BCUT2D eigenvalue weighted by atomic mass is 10.1. The Bertz CT molecular complexity index is 348. The fourth-order valence-corrected chi connectivity index (χ4v) is 2.29. The van der Waals surface area contributed by atoms with E-state index >= 15 is 0 Å². The zero-order chi connectivity index (χ0) is 14.3. The van der Waals surface area contributed by atoms with E-state index in [-0.39, 0.29) is 6.61 Å². The minimum Gasteiger partial charge on any atom is -0.395 e. The number of aromatic nitrogens is 2. The van der Waals surface area contributed by atoms with Crippen molar-refractivity contribution in [2.24, 2.45) is 5.92 Å². The molecule has 5 nitrogen and oxygen atoms in total. The number of nitrogens with zero attached hydrogens (tertiary/aromatic N) is 3. The topological polar surface area (TPSA) is 62.4 Å². The van der Waals surface area contributed by atoms with Crippen LogP contribution in [0.3, 0.4) is 0 Å². The summed E-state index contributed by atoms with van der Waals surface area (Å²) < 4.78 is 5.25. The average Bonchev–Trinajstić information content (AvgIpc) is 2.77. The van der Waals surface area contributed by atoms with Crippen molar-refractivity contribution in [3.8, 4) is 0 Å². The van der Waals surface area contributed by atoms with Crippen LogP contribution in [0.15, 0.2) is 4.52 Å². The average molecular weight is 269 g/mol. The normalized spacial score (nSPS) is 12.0. The van der Waals surface area contributed by atoms with Crippen LogP contribution >= 0.6 is 0 Å². The standard InChI is InChI=1S/C14H27N3O2/c1-5-12(6-2)17(7-8-18)10-13-15-14(19-16-13)9-11(3)4/h11-12,18H,5-10H2,1-4H3. The van der Waals surface area contributed by atoms with Gasteiger partial charge in [0.05, 0.1) is 13.2 Å². The maximum Gasteiger partial charge on any atom is 0.226 e. The van der Waals surface area contributed by atoms with Crippen LogP contribution in [0.1, 0.15) is 52.3 Å². The van der Waals surface area contributed by atoms with Crippen molar-refractivity contribution in [3.05, 3.63) is 11.7 Å². The van der Waals surface area contributed by atoms with Crippen LogP contribution in [0, 0.1) is 5.92 Å². The summed E-state index contributed by atoms with van der Waals surface area (Å²) in [5.41, 5.74) is 0. The largest absolute Gasteiger partial charge is 0.395 e. The van der Waals surface area contributed by atoms with E-state index in [1.54, 1.807) is 0 Å². The first kappa shape index (κ1) is 16.1. The number of rotatable bonds is 9. The van der Waals surface area contributed by atoms with Crippen molar-refractivity contribution in [3.63, 3.8) is 0 Å². The van der Waals surface area contributed by atoms with Gasteiger partial charge in [-0.15, -0.1) is 0 Å². The van der Waals surface area contributed by atoms with Crippen molar-refractivity contribution in [1.82, 2.24) is 15.0 Å². The second-order valence-electron chi connectivity index (χ2n) is 5.37. The van der Waals surface area contributed by atoms with E-state index in [2.05, 4.69) is 42.7 Å². The molecule has 0 aliphatic heterocycles. The van der Waals surface area contributed by atoms with E-state index in [1.807, 2.05) is 0 Å². The molecule has 0 atom stereocenters. The summed E-state index contributed by atoms with van der Waals surface area (Å²) in [6.07, 6.45) is 2.94. The molecular formula is C14H27N3O2. The van der Waals surface area contributed by atoms with Gasteiger partial charge in [-0.25, -0.2) is 0 Å². The minimum atomic E-state index is 0.160. The summed E-state index contributed by atoms with van der Waals surface area (Å²) >= 11 is 0. The van der Waals surface area contributed by atoms with Crippen LogP contribution in [0.5, 0.6) is 0 Å². The van der Waals surface area contributed by atoms with E-state index < -0.39 is 0 Å². The summed E-state index contributed by atoms with van der Waals surface area (Å²) in [5, 5.41) is 13.2. The van der Waals surface area contributed by atoms with Crippen molar-refractivity contribution in [2.45, 2.75) is 59.5 Å². The molecule has 0 saturated carbocycles. The molecule has 0 unspecified atom stereocenters. The molecule has 0 amide bonds. The molecule has 110 valence electrons. The smallest absolute Gasteiger partial charge is 0.226 e. The Morgan fingerprint density at radius 3 is 2.47 bits per heavy atom. The molecule has 1 rings (SSSR count). The third-order valence-electron chi connectivity index (χ3n) is 3.28. The second-order valence-corrected chi connectivity index (χ2v) is 5.37. The fraction of sp³-hybridized carbons (Fsp3) is 0.857. The third kappa shape index (κ3) is 5.28. The predicted molar refractivity (Wildman–Crippen MR) is 74.7 cm³/mol. The highest BCUT2D eigenvalue weighted by molar-refractivity contribution is 4.88. The predicted octanol–water partition coefficient (Wildman–Crippen LogP) is 2.25. The number of hydrogen-bond donors (Lipinski definition) is 1. The fourth-order valence-electron chi connectivity index (χ4n) is 2.29. The van der Waals surface area contributed by atoms with Crippen LogP contribution in [-0.4, -0.2) is 39.3 Å². The molecule has 1 N–H and O–H groups in total. The maximum atomic E-state index is 9.17. The van der Waals surface area contributed by atoms with Crippen LogP contribution < -0.4 is 0 Å². The van der Waals surface area contributed by atoms with Crippen molar-refractivity contribution < 1.29 is 9.63 Å². The van der Waals surface area contributed by atoms with E-state index in [4.69, 9.17) is 4.52 Å². The number of aliphatic hydroxyl groups is 1. The highest BCUT2D eigenvalue weighted by atomic mass is 16.5. The van der Waals surface area contributed by atoms with Gasteiger partial charge in [0.1, 0.15) is 0 Å². The Hall–Kier alpha value is -0.940. The molecule has 0 aromatic carbocycles. The Labute approximate surface area is 116 Å². The highest BCUT2D eigenvalue weighted by Gasteiger charge is 2.18. The monoisotopic (exact) mass is 269 g/mol. The molecule has 0 bridgehead atoms. The van der Waals surface area contributed by atoms with Gasteiger partial charge < -0.3 is 9.63 Å². The first-order valence-electron chi connectivity index (χ1n) is 7.27. The summed E-state index contributed by atoms with van der Waals surface area (Å²) in [6.45, 7) is 10.1. The SMILES string of the molecule is CCC(CC)N(CCO)Cc1noc(CC(C)C)n1. The Kier molecular flexibility index (Phi) is 7.02. The van der Waals surface area contributed by atoms with E-state index in [1.165, 1.54) is 0 Å². The van der Waals surface area contributed by atoms with E-state index in [9.17, 15) is 5.11 Å². The second kappa shape index (κ2) is 8.27. The van der Waals surface area contributed by atoms with E-state index in [0.717, 1.165) is 25.1 Å². The molecular weight excluding hydrogens is 242 g/mol. The summed E-state index contributed by atoms with van der Waals surface area (Å²) in [6, 6.07) is 0.458. The number of hydrogen-bond acceptors (Lipinski definition) is 5. The van der Waals surface area contributed by atoms with Crippen molar-refractivity contribution >= 4 is 0 Å². The Morgan fingerprint density at radius 1 is 1.26 bits per heavy atom. The maximum absolute atomic E-state index is 9.17. The molecule has 0 spiro atoms. The van der Waals surface area contributed by atoms with E-state index in [0.29, 0.717) is 30.9 Å². The first-order chi connectivity index (χ1) is 9.10. The van der Waals surface area contributed by atoms with Gasteiger partial charge in [0.25, 0.3) is 0 Å². The molecule has 5 heteroatoms. The van der Waals surface area contributed by atoms with Crippen LogP contribution in [0.2, 0.25) is 0 Å². The summed E-state index contributed by atoms with van der Waals surface area (Å²) in [4.78, 5) is 6.65. The van der Waals surface area contributed by atoms with Gasteiger partial charge in [0, 0.05) is 19.0 Å². The zero-order valence-corrected chi connectivity index (χ0v) is 12.6. The molecule has 19 heavy (non-hydrogen) atoms. The van der Waals surface area contributed by atoms with Gasteiger partial charge in [-0.05, 0) is 18.8 Å². The quantitative estimate of drug-likeness (QED) is 0.745. The molecule has 0 aliphatic rings. The first-order valence-corrected chi connectivity index (χ1v) is 7.27. The van der Waals surface area contributed by atoms with Gasteiger partial charge in [0.15, 0.2) is 5.82 Å². The van der Waals surface area contributed by atoms with Crippen LogP contribution in [0.25, 0.3) is 0 Å². The van der Waals surface area contributed by atoms with Gasteiger partial charge in [-0.1, -0.05) is 32.9 Å². The van der Waals surface area contributed by atoms with Gasteiger partial charge in [-0.2, -0.15) is 4.98 Å². The lowest BCUT2D eigenvalue weighted by molar-refractivity contribution is 0.132. The molecule has 0 radical (unpaired) electrons. The zero-order valence-electron chi connectivity index (χ0n) is 12.6.